The molecule has 0 aromatic carbocycles. The van der Waals surface area contributed by atoms with E-state index in [1.165, 1.54) is 17.0 Å². The Hall–Kier alpha value is -1.96. The van der Waals surface area contributed by atoms with Gasteiger partial charge in [0.15, 0.2) is 0 Å². The van der Waals surface area contributed by atoms with E-state index in [0.29, 0.717) is 18.0 Å². The number of nitrogens with zero attached hydrogens (tertiary/aromatic N) is 2. The van der Waals surface area contributed by atoms with Crippen LogP contribution in [-0.2, 0) is 4.79 Å². The van der Waals surface area contributed by atoms with E-state index in [1.54, 1.807) is 0 Å². The number of rotatable bonds is 4. The van der Waals surface area contributed by atoms with Crippen molar-refractivity contribution in [3.63, 3.8) is 0 Å². The minimum atomic E-state index is -0.876. The standard InChI is InChI=1S/C10H10N2O5S/c13-9(14)3-6-4-11(5-6)10(15)7-1-2-8(18-7)12(16)17/h1-2,6H,3-5H2,(H,13,14). The van der Waals surface area contributed by atoms with E-state index in [2.05, 4.69) is 0 Å². The van der Waals surface area contributed by atoms with Crippen LogP contribution < -0.4 is 0 Å². The van der Waals surface area contributed by atoms with Crippen LogP contribution in [0.2, 0.25) is 0 Å². The summed E-state index contributed by atoms with van der Waals surface area (Å²) in [5.74, 6) is -1.16. The first-order valence-electron chi connectivity index (χ1n) is 5.22. The highest BCUT2D eigenvalue weighted by molar-refractivity contribution is 7.17. The average Bonchev–Trinajstić information content (AvgIpc) is 2.70. The van der Waals surface area contributed by atoms with Crippen LogP contribution in [0.3, 0.4) is 0 Å². The van der Waals surface area contributed by atoms with E-state index in [4.69, 9.17) is 5.11 Å². The Bertz CT molecular complexity index is 506. The third-order valence-corrected chi connectivity index (χ3v) is 3.72. The summed E-state index contributed by atoms with van der Waals surface area (Å²) in [4.78, 5) is 34.1. The lowest BCUT2D eigenvalue weighted by Gasteiger charge is -2.38. The fraction of sp³-hybridized carbons (Fsp3) is 0.400. The number of hydrogen-bond donors (Lipinski definition) is 1. The second-order valence-electron chi connectivity index (χ2n) is 4.07. The van der Waals surface area contributed by atoms with Gasteiger partial charge in [-0.05, 0) is 6.07 Å². The van der Waals surface area contributed by atoms with Crippen molar-refractivity contribution in [2.24, 2.45) is 5.92 Å². The van der Waals surface area contributed by atoms with Gasteiger partial charge in [0.05, 0.1) is 16.2 Å². The van der Waals surface area contributed by atoms with Gasteiger partial charge in [0, 0.05) is 25.1 Å². The summed E-state index contributed by atoms with van der Waals surface area (Å²) in [5.41, 5.74) is 0. The second-order valence-corrected chi connectivity index (χ2v) is 5.13. The number of carboxylic acids is 1. The van der Waals surface area contributed by atoms with Gasteiger partial charge in [-0.2, -0.15) is 0 Å². The van der Waals surface area contributed by atoms with Crippen molar-refractivity contribution in [2.75, 3.05) is 13.1 Å². The van der Waals surface area contributed by atoms with Crippen LogP contribution in [0, 0.1) is 16.0 Å². The number of aliphatic carboxylic acids is 1. The first-order chi connectivity index (χ1) is 8.47. The molecule has 0 bridgehead atoms. The van der Waals surface area contributed by atoms with Crippen molar-refractivity contribution >= 4 is 28.2 Å². The molecule has 0 saturated carbocycles. The molecule has 1 aromatic rings. The molecule has 1 saturated heterocycles. The van der Waals surface area contributed by atoms with Gasteiger partial charge in [0.1, 0.15) is 0 Å². The third-order valence-electron chi connectivity index (χ3n) is 2.69. The lowest BCUT2D eigenvalue weighted by Crippen LogP contribution is -2.50. The molecule has 1 aliphatic rings. The van der Waals surface area contributed by atoms with Crippen molar-refractivity contribution in [3.8, 4) is 0 Å². The smallest absolute Gasteiger partial charge is 0.324 e. The van der Waals surface area contributed by atoms with Crippen LogP contribution in [-0.4, -0.2) is 39.9 Å². The van der Waals surface area contributed by atoms with Crippen molar-refractivity contribution < 1.29 is 19.6 Å². The summed E-state index contributed by atoms with van der Waals surface area (Å²) in [6, 6.07) is 2.72. The maximum Gasteiger partial charge on any atom is 0.324 e. The van der Waals surface area contributed by atoms with E-state index >= 15 is 0 Å². The van der Waals surface area contributed by atoms with Crippen LogP contribution in [0.1, 0.15) is 16.1 Å². The largest absolute Gasteiger partial charge is 0.481 e. The Kier molecular flexibility index (Phi) is 3.28. The molecule has 8 heteroatoms. The number of carbonyl (C=O) groups is 2. The SMILES string of the molecule is O=C(O)CC1CN(C(=O)c2ccc([N+](=O)[O-])s2)C1. The summed E-state index contributed by atoms with van der Waals surface area (Å²) in [7, 11) is 0. The molecular formula is C10H10N2O5S. The van der Waals surface area contributed by atoms with Gasteiger partial charge in [-0.25, -0.2) is 0 Å². The highest BCUT2D eigenvalue weighted by Crippen LogP contribution is 2.28. The van der Waals surface area contributed by atoms with Crippen LogP contribution in [0.25, 0.3) is 0 Å². The predicted octanol–water partition coefficient (Wildman–Crippen LogP) is 1.20. The molecule has 96 valence electrons. The van der Waals surface area contributed by atoms with Crippen LogP contribution in [0.4, 0.5) is 5.00 Å². The summed E-state index contributed by atoms with van der Waals surface area (Å²) in [6.07, 6.45) is 0.0500. The molecule has 1 aliphatic heterocycles. The van der Waals surface area contributed by atoms with Gasteiger partial charge < -0.3 is 10.0 Å². The Morgan fingerprint density at radius 3 is 2.67 bits per heavy atom. The fourth-order valence-electron chi connectivity index (χ4n) is 1.81. The fourth-order valence-corrected chi connectivity index (χ4v) is 2.60. The molecular weight excluding hydrogens is 260 g/mol. The quantitative estimate of drug-likeness (QED) is 0.654. The molecule has 0 radical (unpaired) electrons. The number of carbonyl (C=O) groups excluding carboxylic acids is 1. The van der Waals surface area contributed by atoms with E-state index in [1.807, 2.05) is 0 Å². The molecule has 2 rings (SSSR count). The van der Waals surface area contributed by atoms with E-state index in [9.17, 15) is 19.7 Å². The first-order valence-corrected chi connectivity index (χ1v) is 6.04. The molecule has 18 heavy (non-hydrogen) atoms. The number of thiophene rings is 1. The number of nitro groups is 1. The highest BCUT2D eigenvalue weighted by atomic mass is 32.1. The monoisotopic (exact) mass is 270 g/mol. The Morgan fingerprint density at radius 1 is 1.50 bits per heavy atom. The number of hydrogen-bond acceptors (Lipinski definition) is 5. The van der Waals surface area contributed by atoms with Crippen molar-refractivity contribution in [1.82, 2.24) is 4.90 Å². The minimum Gasteiger partial charge on any atom is -0.481 e. The molecule has 0 spiro atoms. The summed E-state index contributed by atoms with van der Waals surface area (Å²) in [5, 5.41) is 19.0. The lowest BCUT2D eigenvalue weighted by atomic mass is 9.96. The molecule has 1 N–H and O–H groups in total. The molecule has 0 unspecified atom stereocenters. The Labute approximate surface area is 106 Å². The minimum absolute atomic E-state index is 0.0126. The zero-order valence-electron chi connectivity index (χ0n) is 9.24. The summed E-state index contributed by atoms with van der Waals surface area (Å²) < 4.78 is 0. The Morgan fingerprint density at radius 2 is 2.17 bits per heavy atom. The van der Waals surface area contributed by atoms with E-state index < -0.39 is 10.9 Å². The van der Waals surface area contributed by atoms with Crippen LogP contribution >= 0.6 is 11.3 Å². The molecule has 1 aromatic heterocycles. The molecule has 0 atom stereocenters. The summed E-state index contributed by atoms with van der Waals surface area (Å²) in [6.45, 7) is 0.799. The van der Waals surface area contributed by atoms with Crippen molar-refractivity contribution in [1.29, 1.82) is 0 Å². The average molecular weight is 270 g/mol. The van der Waals surface area contributed by atoms with Crippen molar-refractivity contribution in [2.45, 2.75) is 6.42 Å². The topological polar surface area (TPSA) is 101 Å². The van der Waals surface area contributed by atoms with Gasteiger partial charge in [-0.3, -0.25) is 19.7 Å². The predicted molar refractivity (Wildman–Crippen MR) is 62.6 cm³/mol. The summed E-state index contributed by atoms with van der Waals surface area (Å²) >= 11 is 0.835. The van der Waals surface area contributed by atoms with Gasteiger partial charge in [-0.15, -0.1) is 0 Å². The van der Waals surface area contributed by atoms with Gasteiger partial charge >= 0.3 is 11.0 Å². The number of carboxylic acid groups (broad SMARTS) is 1. The molecule has 7 nitrogen and oxygen atoms in total. The van der Waals surface area contributed by atoms with Gasteiger partial charge in [0.25, 0.3) is 5.91 Å². The number of likely N-dealkylation sites (tertiary alicyclic amines) is 1. The maximum absolute atomic E-state index is 11.9. The molecule has 1 amide bonds. The normalized spacial score (nSPS) is 15.2. The third kappa shape index (κ3) is 2.48. The van der Waals surface area contributed by atoms with Crippen LogP contribution in [0.15, 0.2) is 12.1 Å². The van der Waals surface area contributed by atoms with E-state index in [-0.39, 0.29) is 23.2 Å². The van der Waals surface area contributed by atoms with Gasteiger partial charge in [0.2, 0.25) is 0 Å². The second kappa shape index (κ2) is 4.73. The van der Waals surface area contributed by atoms with Gasteiger partial charge in [-0.1, -0.05) is 11.3 Å². The zero-order chi connectivity index (χ0) is 13.3. The zero-order valence-corrected chi connectivity index (χ0v) is 10.1. The number of amides is 1. The molecule has 1 fully saturated rings. The van der Waals surface area contributed by atoms with Crippen molar-refractivity contribution in [3.05, 3.63) is 27.1 Å². The maximum atomic E-state index is 11.9. The van der Waals surface area contributed by atoms with E-state index in [0.717, 1.165) is 11.3 Å². The first kappa shape index (κ1) is 12.5. The Balaban J connectivity index is 1.93. The molecule has 2 heterocycles. The molecule has 0 aliphatic carbocycles. The van der Waals surface area contributed by atoms with Crippen LogP contribution in [0.5, 0.6) is 0 Å². The lowest BCUT2D eigenvalue weighted by molar-refractivity contribution is -0.380. The highest BCUT2D eigenvalue weighted by Gasteiger charge is 2.33.